The van der Waals surface area contributed by atoms with Gasteiger partial charge in [0.05, 0.1) is 12.0 Å². The number of carbonyl (C=O) groups excluding carboxylic acids is 1. The van der Waals surface area contributed by atoms with Gasteiger partial charge in [0.1, 0.15) is 0 Å². The molecule has 16 heavy (non-hydrogen) atoms. The molecule has 2 nitrogen and oxygen atoms in total. The van der Waals surface area contributed by atoms with Gasteiger partial charge in [0, 0.05) is 0 Å². The molecule has 0 rings (SSSR count). The van der Waals surface area contributed by atoms with Crippen LogP contribution in [0.25, 0.3) is 0 Å². The van der Waals surface area contributed by atoms with Crippen molar-refractivity contribution in [2.24, 2.45) is 11.3 Å². The maximum absolute atomic E-state index is 11.9. The summed E-state index contributed by atoms with van der Waals surface area (Å²) in [6, 6.07) is 0. The van der Waals surface area contributed by atoms with Crippen LogP contribution in [-0.4, -0.2) is 12.6 Å². The number of hydrogen-bond acceptors (Lipinski definition) is 2. The van der Waals surface area contributed by atoms with Crippen LogP contribution in [-0.2, 0) is 9.53 Å². The van der Waals surface area contributed by atoms with Gasteiger partial charge < -0.3 is 4.74 Å². The normalized spacial score (nSPS) is 14.9. The summed E-state index contributed by atoms with van der Waals surface area (Å²) in [5.41, 5.74) is -0.271. The zero-order chi connectivity index (χ0) is 12.6. The Hall–Kier alpha value is -0.530. The van der Waals surface area contributed by atoms with Gasteiger partial charge in [-0.05, 0) is 38.5 Å². The standard InChI is InChI=1S/C14H28O2/c1-6-10-14(5,7-2)13(15)16-11-8-9-12(3)4/h12H,6-11H2,1-5H3. The van der Waals surface area contributed by atoms with E-state index in [1.165, 1.54) is 0 Å². The monoisotopic (exact) mass is 228 g/mol. The van der Waals surface area contributed by atoms with Crippen molar-refractivity contribution in [1.82, 2.24) is 0 Å². The first-order chi connectivity index (χ1) is 7.46. The summed E-state index contributed by atoms with van der Waals surface area (Å²) in [6.45, 7) is 11.1. The van der Waals surface area contributed by atoms with Crippen LogP contribution < -0.4 is 0 Å². The lowest BCUT2D eigenvalue weighted by Gasteiger charge is -2.25. The lowest BCUT2D eigenvalue weighted by atomic mass is 9.83. The maximum atomic E-state index is 11.9. The highest BCUT2D eigenvalue weighted by atomic mass is 16.5. The summed E-state index contributed by atoms with van der Waals surface area (Å²) in [5.74, 6) is 0.674. The van der Waals surface area contributed by atoms with Gasteiger partial charge in [0.25, 0.3) is 0 Å². The quantitative estimate of drug-likeness (QED) is 0.460. The predicted octanol–water partition coefficient (Wildman–Crippen LogP) is 4.18. The van der Waals surface area contributed by atoms with E-state index in [9.17, 15) is 4.79 Å². The Labute approximate surface area is 101 Å². The minimum Gasteiger partial charge on any atom is -0.465 e. The maximum Gasteiger partial charge on any atom is 0.311 e. The average molecular weight is 228 g/mol. The molecule has 2 heteroatoms. The molecule has 0 aliphatic rings. The number of hydrogen-bond donors (Lipinski definition) is 0. The largest absolute Gasteiger partial charge is 0.465 e. The highest BCUT2D eigenvalue weighted by Crippen LogP contribution is 2.29. The fourth-order valence-electron chi connectivity index (χ4n) is 1.81. The molecular formula is C14H28O2. The van der Waals surface area contributed by atoms with Crippen LogP contribution in [0.3, 0.4) is 0 Å². The minimum atomic E-state index is -0.271. The first-order valence-corrected chi connectivity index (χ1v) is 6.63. The smallest absolute Gasteiger partial charge is 0.311 e. The van der Waals surface area contributed by atoms with E-state index >= 15 is 0 Å². The van der Waals surface area contributed by atoms with E-state index in [1.54, 1.807) is 0 Å². The Balaban J connectivity index is 3.93. The van der Waals surface area contributed by atoms with Crippen molar-refractivity contribution < 1.29 is 9.53 Å². The lowest BCUT2D eigenvalue weighted by Crippen LogP contribution is -2.29. The molecule has 0 radical (unpaired) electrons. The molecule has 0 aromatic rings. The Morgan fingerprint density at radius 1 is 1.31 bits per heavy atom. The third-order valence-electron chi connectivity index (χ3n) is 3.23. The Bertz CT molecular complexity index is 199. The van der Waals surface area contributed by atoms with Crippen LogP contribution in [0.1, 0.15) is 66.7 Å². The van der Waals surface area contributed by atoms with Crippen molar-refractivity contribution in [2.45, 2.75) is 66.7 Å². The second-order valence-electron chi connectivity index (χ2n) is 5.34. The summed E-state index contributed by atoms with van der Waals surface area (Å²) in [6.07, 6.45) is 4.93. The molecule has 1 atom stereocenters. The molecule has 0 fully saturated rings. The van der Waals surface area contributed by atoms with E-state index < -0.39 is 0 Å². The van der Waals surface area contributed by atoms with Crippen molar-refractivity contribution in [3.8, 4) is 0 Å². The van der Waals surface area contributed by atoms with Crippen molar-refractivity contribution in [3.63, 3.8) is 0 Å². The third-order valence-corrected chi connectivity index (χ3v) is 3.23. The Kier molecular flexibility index (Phi) is 7.44. The molecule has 0 saturated carbocycles. The third kappa shape index (κ3) is 5.53. The minimum absolute atomic E-state index is 0.0133. The number of carbonyl (C=O) groups is 1. The molecule has 0 bridgehead atoms. The van der Waals surface area contributed by atoms with Gasteiger partial charge in [-0.1, -0.05) is 34.1 Å². The molecule has 0 amide bonds. The predicted molar refractivity (Wildman–Crippen MR) is 68.3 cm³/mol. The fourth-order valence-corrected chi connectivity index (χ4v) is 1.81. The fraction of sp³-hybridized carbons (Fsp3) is 0.929. The van der Waals surface area contributed by atoms with Crippen LogP contribution in [0.2, 0.25) is 0 Å². The molecule has 0 aliphatic carbocycles. The van der Waals surface area contributed by atoms with Crippen molar-refractivity contribution in [1.29, 1.82) is 0 Å². The van der Waals surface area contributed by atoms with E-state index in [4.69, 9.17) is 4.74 Å². The van der Waals surface area contributed by atoms with Crippen molar-refractivity contribution >= 4 is 5.97 Å². The number of esters is 1. The summed E-state index contributed by atoms with van der Waals surface area (Å²) in [5, 5.41) is 0. The molecule has 0 aromatic carbocycles. The van der Waals surface area contributed by atoms with Gasteiger partial charge in [-0.2, -0.15) is 0 Å². The van der Waals surface area contributed by atoms with Gasteiger partial charge >= 0.3 is 5.97 Å². The summed E-state index contributed by atoms with van der Waals surface area (Å²) in [7, 11) is 0. The van der Waals surface area contributed by atoms with Crippen LogP contribution in [0.15, 0.2) is 0 Å². The Morgan fingerprint density at radius 2 is 1.94 bits per heavy atom. The molecule has 96 valence electrons. The topological polar surface area (TPSA) is 26.3 Å². The van der Waals surface area contributed by atoms with Crippen molar-refractivity contribution in [3.05, 3.63) is 0 Å². The average Bonchev–Trinajstić information content (AvgIpc) is 2.24. The molecular weight excluding hydrogens is 200 g/mol. The van der Waals surface area contributed by atoms with E-state index in [0.29, 0.717) is 12.5 Å². The molecule has 1 unspecified atom stereocenters. The van der Waals surface area contributed by atoms with Gasteiger partial charge in [0.2, 0.25) is 0 Å². The van der Waals surface area contributed by atoms with Gasteiger partial charge in [0.15, 0.2) is 0 Å². The van der Waals surface area contributed by atoms with Crippen molar-refractivity contribution in [2.75, 3.05) is 6.61 Å². The zero-order valence-corrected chi connectivity index (χ0v) is 11.6. The van der Waals surface area contributed by atoms with E-state index in [-0.39, 0.29) is 11.4 Å². The molecule has 0 heterocycles. The SMILES string of the molecule is CCCC(C)(CC)C(=O)OCCCC(C)C. The summed E-state index contributed by atoms with van der Waals surface area (Å²) in [4.78, 5) is 11.9. The lowest BCUT2D eigenvalue weighted by molar-refractivity contribution is -0.155. The zero-order valence-electron chi connectivity index (χ0n) is 11.6. The highest BCUT2D eigenvalue weighted by molar-refractivity contribution is 5.76. The van der Waals surface area contributed by atoms with Crippen LogP contribution in [0.5, 0.6) is 0 Å². The van der Waals surface area contributed by atoms with Gasteiger partial charge in [-0.25, -0.2) is 0 Å². The second kappa shape index (κ2) is 7.70. The molecule has 0 N–H and O–H groups in total. The molecule has 0 spiro atoms. The summed E-state index contributed by atoms with van der Waals surface area (Å²) >= 11 is 0. The second-order valence-corrected chi connectivity index (χ2v) is 5.34. The first kappa shape index (κ1) is 15.5. The van der Waals surface area contributed by atoms with E-state index in [1.807, 2.05) is 6.92 Å². The first-order valence-electron chi connectivity index (χ1n) is 6.63. The van der Waals surface area contributed by atoms with E-state index in [2.05, 4.69) is 27.7 Å². The van der Waals surface area contributed by atoms with Crippen LogP contribution in [0, 0.1) is 11.3 Å². The van der Waals surface area contributed by atoms with Crippen LogP contribution >= 0.6 is 0 Å². The highest BCUT2D eigenvalue weighted by Gasteiger charge is 2.31. The van der Waals surface area contributed by atoms with Gasteiger partial charge in [-0.3, -0.25) is 4.79 Å². The Morgan fingerprint density at radius 3 is 2.38 bits per heavy atom. The molecule has 0 aliphatic heterocycles. The van der Waals surface area contributed by atoms with E-state index in [0.717, 1.165) is 32.1 Å². The van der Waals surface area contributed by atoms with Gasteiger partial charge in [-0.15, -0.1) is 0 Å². The molecule has 0 aromatic heterocycles. The molecule has 0 saturated heterocycles. The van der Waals surface area contributed by atoms with Crippen LogP contribution in [0.4, 0.5) is 0 Å². The summed E-state index contributed by atoms with van der Waals surface area (Å²) < 4.78 is 5.36. The number of ether oxygens (including phenoxy) is 1. The number of rotatable bonds is 8.